The Morgan fingerprint density at radius 3 is 2.31 bits per heavy atom. The highest BCUT2D eigenvalue weighted by atomic mass is 16.5. The van der Waals surface area contributed by atoms with E-state index >= 15 is 0 Å². The molecule has 0 heterocycles. The molecule has 5 heteroatoms. The van der Waals surface area contributed by atoms with Crippen molar-refractivity contribution >= 4 is 5.91 Å². The average Bonchev–Trinajstić information content (AvgIpc) is 2.64. The number of hydrogen-bond donors (Lipinski definition) is 1. The monoisotopic (exact) mass is 357 g/mol. The van der Waals surface area contributed by atoms with Gasteiger partial charge in [-0.1, -0.05) is 12.1 Å². The van der Waals surface area contributed by atoms with Gasteiger partial charge in [-0.3, -0.25) is 4.79 Å². The van der Waals surface area contributed by atoms with E-state index in [4.69, 9.17) is 14.2 Å². The van der Waals surface area contributed by atoms with E-state index in [0.29, 0.717) is 31.1 Å². The molecule has 2 aromatic carbocycles. The molecule has 0 aliphatic rings. The highest BCUT2D eigenvalue weighted by Crippen LogP contribution is 2.30. The number of ether oxygens (including phenoxy) is 3. The Balaban J connectivity index is 1.86. The van der Waals surface area contributed by atoms with Gasteiger partial charge in [0, 0.05) is 6.54 Å². The summed E-state index contributed by atoms with van der Waals surface area (Å²) < 4.78 is 16.1. The molecule has 0 saturated heterocycles. The maximum Gasteiger partial charge on any atom is 0.224 e. The van der Waals surface area contributed by atoms with E-state index in [2.05, 4.69) is 5.32 Å². The zero-order valence-electron chi connectivity index (χ0n) is 15.9. The molecule has 0 aliphatic carbocycles. The first-order chi connectivity index (χ1) is 12.6. The largest absolute Gasteiger partial charge is 0.494 e. The minimum absolute atomic E-state index is 0.00675. The highest BCUT2D eigenvalue weighted by Gasteiger charge is 2.09. The minimum atomic E-state index is 0.00675. The van der Waals surface area contributed by atoms with Gasteiger partial charge in [0.05, 0.1) is 27.2 Å². The first-order valence-electron chi connectivity index (χ1n) is 8.77. The van der Waals surface area contributed by atoms with Crippen molar-refractivity contribution in [2.45, 2.75) is 26.7 Å². The molecule has 26 heavy (non-hydrogen) atoms. The molecular formula is C21H27NO4. The Bertz CT molecular complexity index is 726. The number of hydrogen-bond acceptors (Lipinski definition) is 4. The number of amides is 1. The number of methoxy groups -OCH3 is 2. The van der Waals surface area contributed by atoms with Crippen molar-refractivity contribution in [2.24, 2.45) is 0 Å². The van der Waals surface area contributed by atoms with Crippen molar-refractivity contribution in [1.82, 2.24) is 5.32 Å². The SMILES string of the molecule is CCOc1ccc(CC(=O)NCCc2cc(OC)c(OC)cc2C)cc1. The molecule has 2 rings (SSSR count). The molecule has 5 nitrogen and oxygen atoms in total. The second-order valence-corrected chi connectivity index (χ2v) is 5.99. The van der Waals surface area contributed by atoms with Gasteiger partial charge in [0.1, 0.15) is 5.75 Å². The predicted molar refractivity (Wildman–Crippen MR) is 102 cm³/mol. The van der Waals surface area contributed by atoms with E-state index in [0.717, 1.165) is 28.9 Å². The summed E-state index contributed by atoms with van der Waals surface area (Å²) in [5.41, 5.74) is 3.21. The topological polar surface area (TPSA) is 56.8 Å². The van der Waals surface area contributed by atoms with Gasteiger partial charge in [0.2, 0.25) is 5.91 Å². The summed E-state index contributed by atoms with van der Waals surface area (Å²) >= 11 is 0. The second-order valence-electron chi connectivity index (χ2n) is 5.99. The van der Waals surface area contributed by atoms with Gasteiger partial charge >= 0.3 is 0 Å². The van der Waals surface area contributed by atoms with Crippen molar-refractivity contribution in [1.29, 1.82) is 0 Å². The van der Waals surface area contributed by atoms with Crippen molar-refractivity contribution < 1.29 is 19.0 Å². The van der Waals surface area contributed by atoms with E-state index in [1.807, 2.05) is 50.2 Å². The Hall–Kier alpha value is -2.69. The highest BCUT2D eigenvalue weighted by molar-refractivity contribution is 5.78. The molecule has 0 atom stereocenters. The van der Waals surface area contributed by atoms with Crippen LogP contribution in [0.5, 0.6) is 17.2 Å². The molecule has 140 valence electrons. The zero-order valence-corrected chi connectivity index (χ0v) is 15.9. The molecule has 0 aliphatic heterocycles. The summed E-state index contributed by atoms with van der Waals surface area (Å²) in [6, 6.07) is 11.5. The van der Waals surface area contributed by atoms with Gasteiger partial charge in [0.25, 0.3) is 0 Å². The van der Waals surface area contributed by atoms with Crippen LogP contribution in [0.3, 0.4) is 0 Å². The van der Waals surface area contributed by atoms with Crippen LogP contribution in [-0.2, 0) is 17.6 Å². The minimum Gasteiger partial charge on any atom is -0.494 e. The van der Waals surface area contributed by atoms with Gasteiger partial charge in [-0.15, -0.1) is 0 Å². The summed E-state index contributed by atoms with van der Waals surface area (Å²) in [5, 5.41) is 2.97. The molecule has 0 spiro atoms. The van der Waals surface area contributed by atoms with Crippen LogP contribution in [-0.4, -0.2) is 33.3 Å². The molecule has 0 fully saturated rings. The fourth-order valence-electron chi connectivity index (χ4n) is 2.75. The first kappa shape index (κ1) is 19.6. The van der Waals surface area contributed by atoms with Crippen molar-refractivity contribution in [3.8, 4) is 17.2 Å². The van der Waals surface area contributed by atoms with Gasteiger partial charge in [-0.2, -0.15) is 0 Å². The maximum absolute atomic E-state index is 12.1. The van der Waals surface area contributed by atoms with Crippen LogP contribution in [0.25, 0.3) is 0 Å². The quantitative estimate of drug-likeness (QED) is 0.748. The Labute approximate surface area is 155 Å². The van der Waals surface area contributed by atoms with Crippen LogP contribution < -0.4 is 19.5 Å². The van der Waals surface area contributed by atoms with Crippen LogP contribution in [0.1, 0.15) is 23.6 Å². The lowest BCUT2D eigenvalue weighted by Crippen LogP contribution is -2.27. The molecule has 0 unspecified atom stereocenters. The fraction of sp³-hybridized carbons (Fsp3) is 0.381. The number of carbonyl (C=O) groups is 1. The number of aryl methyl sites for hydroxylation is 1. The molecular weight excluding hydrogens is 330 g/mol. The number of nitrogens with one attached hydrogen (secondary N) is 1. The van der Waals surface area contributed by atoms with Gasteiger partial charge in [-0.05, 0) is 61.2 Å². The van der Waals surface area contributed by atoms with E-state index in [1.165, 1.54) is 0 Å². The molecule has 2 aromatic rings. The molecule has 1 N–H and O–H groups in total. The smallest absolute Gasteiger partial charge is 0.224 e. The van der Waals surface area contributed by atoms with Gasteiger partial charge in [0.15, 0.2) is 11.5 Å². The third-order valence-electron chi connectivity index (χ3n) is 4.16. The summed E-state index contributed by atoms with van der Waals surface area (Å²) in [7, 11) is 3.24. The third kappa shape index (κ3) is 5.41. The second kappa shape index (κ2) is 9.70. The van der Waals surface area contributed by atoms with E-state index in [-0.39, 0.29) is 5.91 Å². The summed E-state index contributed by atoms with van der Waals surface area (Å²) in [5.74, 6) is 2.25. The van der Waals surface area contributed by atoms with Crippen LogP contribution in [0.2, 0.25) is 0 Å². The van der Waals surface area contributed by atoms with Crippen LogP contribution in [0.4, 0.5) is 0 Å². The molecule has 0 radical (unpaired) electrons. The van der Waals surface area contributed by atoms with Gasteiger partial charge < -0.3 is 19.5 Å². The lowest BCUT2D eigenvalue weighted by atomic mass is 10.0. The Kier molecular flexibility index (Phi) is 7.33. The fourth-order valence-corrected chi connectivity index (χ4v) is 2.75. The van der Waals surface area contributed by atoms with Crippen LogP contribution >= 0.6 is 0 Å². The van der Waals surface area contributed by atoms with E-state index in [9.17, 15) is 4.79 Å². The van der Waals surface area contributed by atoms with Crippen molar-refractivity contribution in [2.75, 3.05) is 27.4 Å². The Morgan fingerprint density at radius 2 is 1.69 bits per heavy atom. The normalized spacial score (nSPS) is 10.3. The number of benzene rings is 2. The average molecular weight is 357 g/mol. The molecule has 0 saturated carbocycles. The van der Waals surface area contributed by atoms with Crippen LogP contribution in [0.15, 0.2) is 36.4 Å². The third-order valence-corrected chi connectivity index (χ3v) is 4.16. The lowest BCUT2D eigenvalue weighted by molar-refractivity contribution is -0.120. The lowest BCUT2D eigenvalue weighted by Gasteiger charge is -2.13. The maximum atomic E-state index is 12.1. The van der Waals surface area contributed by atoms with E-state index < -0.39 is 0 Å². The number of carbonyl (C=O) groups excluding carboxylic acids is 1. The summed E-state index contributed by atoms with van der Waals surface area (Å²) in [6.07, 6.45) is 1.10. The standard InChI is InChI=1S/C21H27NO4/c1-5-26-18-8-6-16(7-9-18)13-21(23)22-11-10-17-14-20(25-4)19(24-3)12-15(17)2/h6-9,12,14H,5,10-11,13H2,1-4H3,(H,22,23). The predicted octanol–water partition coefficient (Wildman–Crippen LogP) is 3.31. The van der Waals surface area contributed by atoms with Crippen LogP contribution in [0, 0.1) is 6.92 Å². The molecule has 0 aromatic heterocycles. The molecule has 0 bridgehead atoms. The van der Waals surface area contributed by atoms with Gasteiger partial charge in [-0.25, -0.2) is 0 Å². The summed E-state index contributed by atoms with van der Waals surface area (Å²) in [4.78, 5) is 12.1. The zero-order chi connectivity index (χ0) is 18.9. The molecule has 1 amide bonds. The van der Waals surface area contributed by atoms with Crippen molar-refractivity contribution in [3.63, 3.8) is 0 Å². The Morgan fingerprint density at radius 1 is 1.04 bits per heavy atom. The first-order valence-corrected chi connectivity index (χ1v) is 8.77. The number of rotatable bonds is 9. The van der Waals surface area contributed by atoms with Crippen molar-refractivity contribution in [3.05, 3.63) is 53.1 Å². The van der Waals surface area contributed by atoms with E-state index in [1.54, 1.807) is 14.2 Å². The summed E-state index contributed by atoms with van der Waals surface area (Å²) in [6.45, 7) is 5.18.